The molecule has 1 aromatic rings. The van der Waals surface area contributed by atoms with E-state index >= 15 is 0 Å². The maximum atomic E-state index is 6.25. The van der Waals surface area contributed by atoms with E-state index in [0.717, 1.165) is 29.9 Å². The fourth-order valence-electron chi connectivity index (χ4n) is 2.35. The molecule has 1 saturated carbocycles. The minimum Gasteiger partial charge on any atom is -0.497 e. The van der Waals surface area contributed by atoms with Gasteiger partial charge in [-0.1, -0.05) is 6.07 Å². The van der Waals surface area contributed by atoms with Gasteiger partial charge >= 0.3 is 0 Å². The summed E-state index contributed by atoms with van der Waals surface area (Å²) < 4.78 is 10.5. The Kier molecular flexibility index (Phi) is 3.54. The zero-order valence-electron chi connectivity index (χ0n) is 10.3. The summed E-state index contributed by atoms with van der Waals surface area (Å²) in [7, 11) is 3.29. The van der Waals surface area contributed by atoms with Gasteiger partial charge in [0.15, 0.2) is 0 Å². The topological polar surface area (TPSA) is 70.5 Å². The van der Waals surface area contributed by atoms with Gasteiger partial charge in [-0.25, -0.2) is 0 Å². The van der Waals surface area contributed by atoms with Crippen LogP contribution < -0.4 is 20.9 Å². The summed E-state index contributed by atoms with van der Waals surface area (Å²) in [5.41, 5.74) is 13.1. The molecule has 1 atom stereocenters. The second kappa shape index (κ2) is 4.94. The number of rotatable bonds is 4. The normalized spacial score (nSPS) is 24.9. The molecule has 1 aliphatic rings. The molecule has 1 aromatic carbocycles. The van der Waals surface area contributed by atoms with Crippen LogP contribution in [0.4, 0.5) is 0 Å². The van der Waals surface area contributed by atoms with Gasteiger partial charge in [-0.05, 0) is 24.8 Å². The van der Waals surface area contributed by atoms with Gasteiger partial charge in [0.1, 0.15) is 11.5 Å². The van der Waals surface area contributed by atoms with Gasteiger partial charge < -0.3 is 20.9 Å². The minimum atomic E-state index is -0.00402. The van der Waals surface area contributed by atoms with Crippen LogP contribution in [0.15, 0.2) is 18.2 Å². The molecular formula is C13H20N2O2. The van der Waals surface area contributed by atoms with Crippen LogP contribution in [0.3, 0.4) is 0 Å². The third-order valence-corrected chi connectivity index (χ3v) is 3.52. The number of methoxy groups -OCH3 is 2. The van der Waals surface area contributed by atoms with Crippen molar-refractivity contribution in [2.75, 3.05) is 14.2 Å². The fraction of sp³-hybridized carbons (Fsp3) is 0.538. The third-order valence-electron chi connectivity index (χ3n) is 3.52. The predicted octanol–water partition coefficient (Wildman–Crippen LogP) is 1.44. The molecule has 0 aromatic heterocycles. The summed E-state index contributed by atoms with van der Waals surface area (Å²) in [5.74, 6) is 2.03. The van der Waals surface area contributed by atoms with Crippen LogP contribution in [0.5, 0.6) is 11.5 Å². The van der Waals surface area contributed by atoms with Gasteiger partial charge in [0.25, 0.3) is 0 Å². The highest BCUT2D eigenvalue weighted by molar-refractivity contribution is 5.42. The Morgan fingerprint density at radius 2 is 1.94 bits per heavy atom. The van der Waals surface area contributed by atoms with Crippen molar-refractivity contribution in [3.63, 3.8) is 0 Å². The van der Waals surface area contributed by atoms with E-state index in [-0.39, 0.29) is 6.04 Å². The first-order valence-electron chi connectivity index (χ1n) is 5.88. The van der Waals surface area contributed by atoms with Crippen LogP contribution >= 0.6 is 0 Å². The Bertz CT molecular complexity index is 389. The Labute approximate surface area is 102 Å². The lowest BCUT2D eigenvalue weighted by atomic mass is 9.74. The van der Waals surface area contributed by atoms with Crippen molar-refractivity contribution in [1.29, 1.82) is 0 Å². The van der Waals surface area contributed by atoms with E-state index in [9.17, 15) is 0 Å². The zero-order valence-corrected chi connectivity index (χ0v) is 10.3. The molecule has 1 fully saturated rings. The van der Waals surface area contributed by atoms with Crippen molar-refractivity contribution in [2.45, 2.75) is 24.9 Å². The van der Waals surface area contributed by atoms with Crippen LogP contribution in [0.2, 0.25) is 0 Å². The van der Waals surface area contributed by atoms with Crippen LogP contribution in [-0.4, -0.2) is 20.3 Å². The molecule has 2 rings (SSSR count). The molecule has 1 unspecified atom stereocenters. The smallest absolute Gasteiger partial charge is 0.127 e. The zero-order chi connectivity index (χ0) is 12.4. The minimum absolute atomic E-state index is 0.00402. The average Bonchev–Trinajstić information content (AvgIpc) is 2.33. The summed E-state index contributed by atoms with van der Waals surface area (Å²) in [6.45, 7) is 0. The molecule has 0 radical (unpaired) electrons. The summed E-state index contributed by atoms with van der Waals surface area (Å²) in [6, 6.07) is 6.07. The first kappa shape index (κ1) is 12.2. The first-order valence-corrected chi connectivity index (χ1v) is 5.88. The van der Waals surface area contributed by atoms with Gasteiger partial charge in [0, 0.05) is 23.7 Å². The van der Waals surface area contributed by atoms with Gasteiger partial charge in [-0.15, -0.1) is 0 Å². The summed E-state index contributed by atoms with van der Waals surface area (Å²) in [4.78, 5) is 0. The highest BCUT2D eigenvalue weighted by atomic mass is 16.5. The van der Waals surface area contributed by atoms with E-state index in [4.69, 9.17) is 20.9 Å². The monoisotopic (exact) mass is 236 g/mol. The molecule has 0 amide bonds. The Hall–Kier alpha value is -1.26. The second-order valence-corrected chi connectivity index (χ2v) is 4.63. The Morgan fingerprint density at radius 1 is 1.24 bits per heavy atom. The molecule has 0 saturated heterocycles. The number of benzene rings is 1. The number of nitrogens with two attached hydrogens (primary N) is 2. The molecule has 0 spiro atoms. The molecule has 17 heavy (non-hydrogen) atoms. The maximum absolute atomic E-state index is 6.25. The molecule has 4 nitrogen and oxygen atoms in total. The largest absolute Gasteiger partial charge is 0.497 e. The fourth-order valence-corrected chi connectivity index (χ4v) is 2.35. The van der Waals surface area contributed by atoms with Gasteiger partial charge in [0.2, 0.25) is 0 Å². The molecule has 0 aliphatic heterocycles. The lowest BCUT2D eigenvalue weighted by molar-refractivity contribution is 0.221. The molecule has 4 N–H and O–H groups in total. The number of ether oxygens (including phenoxy) is 2. The standard InChI is InChI=1S/C13H20N2O2/c1-16-10-3-4-11(12(7-10)17-2)13(15)8-5-9(14)6-8/h3-4,7-9,13H,5-6,14-15H2,1-2H3. The lowest BCUT2D eigenvalue weighted by Crippen LogP contribution is -2.41. The maximum Gasteiger partial charge on any atom is 0.127 e. The Morgan fingerprint density at radius 3 is 2.47 bits per heavy atom. The van der Waals surface area contributed by atoms with E-state index in [1.165, 1.54) is 0 Å². The number of hydrogen-bond acceptors (Lipinski definition) is 4. The van der Waals surface area contributed by atoms with Crippen LogP contribution in [0, 0.1) is 5.92 Å². The van der Waals surface area contributed by atoms with Gasteiger partial charge in [-0.2, -0.15) is 0 Å². The van der Waals surface area contributed by atoms with Gasteiger partial charge in [0.05, 0.1) is 14.2 Å². The summed E-state index contributed by atoms with van der Waals surface area (Å²) >= 11 is 0. The van der Waals surface area contributed by atoms with E-state index in [2.05, 4.69) is 0 Å². The van der Waals surface area contributed by atoms with Gasteiger partial charge in [-0.3, -0.25) is 0 Å². The number of hydrogen-bond donors (Lipinski definition) is 2. The summed E-state index contributed by atoms with van der Waals surface area (Å²) in [6.07, 6.45) is 1.99. The van der Waals surface area contributed by atoms with Crippen molar-refractivity contribution in [3.8, 4) is 11.5 Å². The molecule has 1 aliphatic carbocycles. The van der Waals surface area contributed by atoms with Crippen LogP contribution in [0.25, 0.3) is 0 Å². The van der Waals surface area contributed by atoms with Crippen LogP contribution in [0.1, 0.15) is 24.4 Å². The van der Waals surface area contributed by atoms with E-state index in [1.54, 1.807) is 14.2 Å². The average molecular weight is 236 g/mol. The molecule has 94 valence electrons. The third kappa shape index (κ3) is 2.37. The van der Waals surface area contributed by atoms with Crippen molar-refractivity contribution in [2.24, 2.45) is 17.4 Å². The van der Waals surface area contributed by atoms with E-state index in [0.29, 0.717) is 12.0 Å². The van der Waals surface area contributed by atoms with Crippen LogP contribution in [-0.2, 0) is 0 Å². The van der Waals surface area contributed by atoms with Crippen molar-refractivity contribution in [3.05, 3.63) is 23.8 Å². The second-order valence-electron chi connectivity index (χ2n) is 4.63. The lowest BCUT2D eigenvalue weighted by Gasteiger charge is -2.37. The molecular weight excluding hydrogens is 216 g/mol. The van der Waals surface area contributed by atoms with E-state index in [1.807, 2.05) is 18.2 Å². The molecule has 0 bridgehead atoms. The summed E-state index contributed by atoms with van der Waals surface area (Å²) in [5, 5.41) is 0. The Balaban J connectivity index is 2.19. The first-order chi connectivity index (χ1) is 8.15. The predicted molar refractivity (Wildman–Crippen MR) is 67.2 cm³/mol. The van der Waals surface area contributed by atoms with Crippen molar-refractivity contribution < 1.29 is 9.47 Å². The quantitative estimate of drug-likeness (QED) is 0.830. The van der Waals surface area contributed by atoms with Crippen molar-refractivity contribution >= 4 is 0 Å². The van der Waals surface area contributed by atoms with E-state index < -0.39 is 0 Å². The SMILES string of the molecule is COc1ccc(C(N)C2CC(N)C2)c(OC)c1. The highest BCUT2D eigenvalue weighted by Gasteiger charge is 2.32. The highest BCUT2D eigenvalue weighted by Crippen LogP contribution is 2.39. The molecule has 0 heterocycles. The van der Waals surface area contributed by atoms with Crippen molar-refractivity contribution in [1.82, 2.24) is 0 Å². The molecule has 4 heteroatoms.